The summed E-state index contributed by atoms with van der Waals surface area (Å²) < 4.78 is 7.29. The number of benzene rings is 1. The van der Waals surface area contributed by atoms with E-state index in [1.165, 1.54) is 11.8 Å². The van der Waals surface area contributed by atoms with Gasteiger partial charge in [0.1, 0.15) is 5.52 Å². The van der Waals surface area contributed by atoms with Gasteiger partial charge in [0.05, 0.1) is 0 Å². The van der Waals surface area contributed by atoms with E-state index in [-0.39, 0.29) is 5.91 Å². The number of tetrazole rings is 1. The van der Waals surface area contributed by atoms with Gasteiger partial charge in [0.25, 0.3) is 5.91 Å². The number of carbonyl (C=O) groups excluding carboxylic acids is 1. The second kappa shape index (κ2) is 8.11. The smallest absolute Gasteiger partial charge is 0.251 e. The molecule has 2 aromatic heterocycles. The molecule has 8 nitrogen and oxygen atoms in total. The Balaban J connectivity index is 1.55. The van der Waals surface area contributed by atoms with Gasteiger partial charge in [-0.25, -0.2) is 9.67 Å². The first-order valence-corrected chi connectivity index (χ1v) is 9.18. The highest BCUT2D eigenvalue weighted by Gasteiger charge is 2.11. The van der Waals surface area contributed by atoms with Crippen LogP contribution in [0.4, 0.5) is 0 Å². The van der Waals surface area contributed by atoms with Crippen LogP contribution in [0.2, 0.25) is 0 Å². The molecule has 0 bridgehead atoms. The third-order valence-electron chi connectivity index (χ3n) is 3.64. The summed E-state index contributed by atoms with van der Waals surface area (Å²) in [6.07, 6.45) is 2.95. The number of hydrogen-bond acceptors (Lipinski definition) is 7. The lowest BCUT2D eigenvalue weighted by Gasteiger charge is -2.04. The van der Waals surface area contributed by atoms with Crippen molar-refractivity contribution in [2.45, 2.75) is 31.3 Å². The van der Waals surface area contributed by atoms with Crippen LogP contribution >= 0.6 is 11.8 Å². The van der Waals surface area contributed by atoms with Crippen molar-refractivity contribution in [3.8, 4) is 0 Å². The highest BCUT2D eigenvalue weighted by molar-refractivity contribution is 7.99. The number of unbranched alkanes of at least 4 members (excludes halogenated alkanes) is 1. The van der Waals surface area contributed by atoms with Crippen molar-refractivity contribution in [3.05, 3.63) is 29.7 Å². The van der Waals surface area contributed by atoms with Crippen LogP contribution in [0.3, 0.4) is 0 Å². The molecule has 0 atom stereocenters. The fourth-order valence-corrected chi connectivity index (χ4v) is 3.01. The monoisotopic (exact) mass is 360 g/mol. The summed E-state index contributed by atoms with van der Waals surface area (Å²) in [4.78, 5) is 16.7. The van der Waals surface area contributed by atoms with Crippen LogP contribution in [0.25, 0.3) is 11.1 Å². The van der Waals surface area contributed by atoms with Crippen LogP contribution in [0.5, 0.6) is 0 Å². The number of nitrogens with one attached hydrogen (secondary N) is 1. The number of thioether (sulfide) groups is 1. The first-order valence-electron chi connectivity index (χ1n) is 8.20. The molecule has 1 amide bonds. The van der Waals surface area contributed by atoms with Crippen molar-refractivity contribution < 1.29 is 9.21 Å². The van der Waals surface area contributed by atoms with Crippen molar-refractivity contribution in [1.29, 1.82) is 0 Å². The van der Waals surface area contributed by atoms with Crippen molar-refractivity contribution >= 4 is 28.8 Å². The van der Waals surface area contributed by atoms with E-state index in [1.807, 2.05) is 0 Å². The predicted octanol–water partition coefficient (Wildman–Crippen LogP) is 2.22. The summed E-state index contributed by atoms with van der Waals surface area (Å²) in [5.74, 6) is 1.28. The molecule has 0 saturated carbocycles. The normalized spacial score (nSPS) is 11.1. The molecule has 0 aliphatic heterocycles. The molecule has 132 valence electrons. The van der Waals surface area contributed by atoms with E-state index in [0.717, 1.165) is 35.8 Å². The molecule has 2 heterocycles. The van der Waals surface area contributed by atoms with Gasteiger partial charge in [-0.3, -0.25) is 4.79 Å². The van der Waals surface area contributed by atoms with Crippen LogP contribution in [-0.2, 0) is 13.5 Å². The van der Waals surface area contributed by atoms with Gasteiger partial charge in [-0.2, -0.15) is 0 Å². The average molecular weight is 360 g/mol. The summed E-state index contributed by atoms with van der Waals surface area (Å²) in [5, 5.41) is 14.8. The first-order chi connectivity index (χ1) is 12.2. The van der Waals surface area contributed by atoms with E-state index in [9.17, 15) is 4.79 Å². The lowest BCUT2D eigenvalue weighted by molar-refractivity contribution is 0.0956. The van der Waals surface area contributed by atoms with E-state index >= 15 is 0 Å². The number of nitrogens with zero attached hydrogens (tertiary/aromatic N) is 5. The number of carbonyl (C=O) groups is 1. The average Bonchev–Trinajstić information content (AvgIpc) is 3.21. The molecule has 0 fully saturated rings. The maximum atomic E-state index is 12.3. The van der Waals surface area contributed by atoms with Gasteiger partial charge in [0, 0.05) is 31.3 Å². The molecule has 0 radical (unpaired) electrons. The van der Waals surface area contributed by atoms with Crippen LogP contribution in [0, 0.1) is 0 Å². The van der Waals surface area contributed by atoms with Gasteiger partial charge >= 0.3 is 0 Å². The third kappa shape index (κ3) is 4.36. The van der Waals surface area contributed by atoms with Gasteiger partial charge in [0.15, 0.2) is 11.5 Å². The molecule has 3 rings (SSSR count). The number of oxazole rings is 1. The van der Waals surface area contributed by atoms with E-state index in [1.54, 1.807) is 29.9 Å². The van der Waals surface area contributed by atoms with Crippen molar-refractivity contribution in [1.82, 2.24) is 30.5 Å². The molecule has 1 N–H and O–H groups in total. The van der Waals surface area contributed by atoms with E-state index < -0.39 is 0 Å². The lowest BCUT2D eigenvalue weighted by Crippen LogP contribution is -2.25. The number of hydrogen-bond donors (Lipinski definition) is 1. The van der Waals surface area contributed by atoms with E-state index in [4.69, 9.17) is 4.42 Å². The fourth-order valence-electron chi connectivity index (χ4n) is 2.30. The number of fused-ring (bicyclic) bond motifs is 1. The van der Waals surface area contributed by atoms with Gasteiger partial charge < -0.3 is 9.73 Å². The fraction of sp³-hybridized carbons (Fsp3) is 0.438. The molecule has 0 unspecified atom stereocenters. The Labute approximate surface area is 149 Å². The summed E-state index contributed by atoms with van der Waals surface area (Å²) in [7, 11) is 1.78. The van der Waals surface area contributed by atoms with E-state index in [0.29, 0.717) is 23.4 Å². The molecule has 0 aliphatic carbocycles. The zero-order valence-electron chi connectivity index (χ0n) is 14.2. The first kappa shape index (κ1) is 17.4. The molecule has 9 heteroatoms. The molecule has 1 aromatic carbocycles. The van der Waals surface area contributed by atoms with Crippen molar-refractivity contribution in [3.63, 3.8) is 0 Å². The topological polar surface area (TPSA) is 98.7 Å². The summed E-state index contributed by atoms with van der Waals surface area (Å²) in [6.45, 7) is 2.65. The van der Waals surface area contributed by atoms with E-state index in [2.05, 4.69) is 32.7 Å². The summed E-state index contributed by atoms with van der Waals surface area (Å²) in [5.41, 5.74) is 2.01. The number of aromatic nitrogens is 5. The van der Waals surface area contributed by atoms with Gasteiger partial charge in [-0.1, -0.05) is 25.1 Å². The Morgan fingerprint density at radius 3 is 3.04 bits per heavy atom. The molecule has 25 heavy (non-hydrogen) atoms. The van der Waals surface area contributed by atoms with Crippen molar-refractivity contribution in [2.75, 3.05) is 12.3 Å². The molecular weight excluding hydrogens is 340 g/mol. The predicted molar refractivity (Wildman–Crippen MR) is 94.5 cm³/mol. The Bertz CT molecular complexity index is 859. The highest BCUT2D eigenvalue weighted by atomic mass is 32.2. The number of rotatable bonds is 8. The maximum Gasteiger partial charge on any atom is 0.251 e. The largest absolute Gasteiger partial charge is 0.441 e. The molecule has 0 aliphatic rings. The minimum atomic E-state index is -0.128. The van der Waals surface area contributed by atoms with Crippen LogP contribution in [0.1, 0.15) is 36.0 Å². The Morgan fingerprint density at radius 1 is 1.40 bits per heavy atom. The van der Waals surface area contributed by atoms with Gasteiger partial charge in [-0.15, -0.1) is 5.10 Å². The van der Waals surface area contributed by atoms with Gasteiger partial charge in [0.2, 0.25) is 5.16 Å². The lowest BCUT2D eigenvalue weighted by atomic mass is 10.2. The zero-order valence-corrected chi connectivity index (χ0v) is 15.0. The van der Waals surface area contributed by atoms with Crippen LogP contribution in [-0.4, -0.2) is 43.4 Å². The Hall–Kier alpha value is -2.42. The Kier molecular flexibility index (Phi) is 5.64. The Morgan fingerprint density at radius 2 is 2.28 bits per heavy atom. The van der Waals surface area contributed by atoms with Crippen molar-refractivity contribution in [2.24, 2.45) is 7.05 Å². The summed E-state index contributed by atoms with van der Waals surface area (Å²) >= 11 is 1.49. The molecular formula is C16H20N6O2S. The zero-order chi connectivity index (χ0) is 17.6. The molecule has 0 saturated heterocycles. The molecule has 0 spiro atoms. The van der Waals surface area contributed by atoms with Gasteiger partial charge in [-0.05, 0) is 35.0 Å². The minimum absolute atomic E-state index is 0.128. The summed E-state index contributed by atoms with van der Waals surface area (Å²) in [6, 6.07) is 5.32. The standard InChI is InChI=1S/C16H20N6O2S/c1-3-4-5-14-18-12-10-11(6-7-13(12)24-14)15(23)17-8-9-25-16-19-20-21-22(16)2/h6-7,10H,3-5,8-9H2,1-2H3,(H,17,23). The highest BCUT2D eigenvalue weighted by Crippen LogP contribution is 2.18. The SMILES string of the molecule is CCCCc1nc2cc(C(=O)NCCSc3nnnn3C)ccc2o1. The van der Waals surface area contributed by atoms with Crippen LogP contribution in [0.15, 0.2) is 27.8 Å². The minimum Gasteiger partial charge on any atom is -0.441 e. The number of amides is 1. The maximum absolute atomic E-state index is 12.3. The third-order valence-corrected chi connectivity index (χ3v) is 4.65. The molecule has 3 aromatic rings. The second-order valence-electron chi connectivity index (χ2n) is 5.58. The quantitative estimate of drug-likeness (QED) is 0.486. The second-order valence-corrected chi connectivity index (χ2v) is 6.65. The number of aryl methyl sites for hydroxylation is 2. The van der Waals surface area contributed by atoms with Crippen LogP contribution < -0.4 is 5.32 Å².